The Kier molecular flexibility index (Phi) is 8.08. The van der Waals surface area contributed by atoms with Gasteiger partial charge in [0.25, 0.3) is 0 Å². The minimum atomic E-state index is -0.438. The van der Waals surface area contributed by atoms with Gasteiger partial charge in [-0.2, -0.15) is 0 Å². The number of fused-ring (bicyclic) bond motifs is 7. The fraction of sp³-hybridized carbons (Fsp3) is 0.667. The number of H-pyrrole nitrogens is 1. The Labute approximate surface area is 269 Å². The zero-order valence-corrected chi connectivity index (χ0v) is 27.4. The van der Waals surface area contributed by atoms with E-state index in [1.54, 1.807) is 6.92 Å². The summed E-state index contributed by atoms with van der Waals surface area (Å²) in [6.45, 7) is 5.91. The number of rotatable bonds is 2. The Morgan fingerprint density at radius 2 is 1.76 bits per heavy atom. The molecule has 6 nitrogen and oxygen atoms in total. The van der Waals surface area contributed by atoms with Crippen molar-refractivity contribution in [2.24, 2.45) is 17.3 Å². The van der Waals surface area contributed by atoms with E-state index in [0.717, 1.165) is 71.1 Å². The molecule has 3 fully saturated rings. The molecule has 0 radical (unpaired) electrons. The maximum absolute atomic E-state index is 13.3. The summed E-state index contributed by atoms with van der Waals surface area (Å²) in [5, 5.41) is 18.9. The van der Waals surface area contributed by atoms with Crippen LogP contribution in [-0.2, 0) is 11.2 Å². The third-order valence-corrected chi connectivity index (χ3v) is 13.2. The fourth-order valence-electron chi connectivity index (χ4n) is 11.6. The highest BCUT2D eigenvalue weighted by atomic mass is 16.3. The zero-order chi connectivity index (χ0) is 30.6. The molecule has 6 aliphatic rings. The van der Waals surface area contributed by atoms with Gasteiger partial charge in [0.1, 0.15) is 5.78 Å². The van der Waals surface area contributed by atoms with Gasteiger partial charge in [-0.3, -0.25) is 14.6 Å². The minimum absolute atomic E-state index is 0.0566. The van der Waals surface area contributed by atoms with E-state index in [-0.39, 0.29) is 35.0 Å². The molecular formula is C39H54N4O2. The standard InChI is InChI=1S/C39H54N4O2/c1-27(44)24-28-25-31-33(35-34-30(18-23-43(28)35)29-16-10-11-17-32(29)41-34)36(45)39-20-13-7-3-5-9-15-22-42(39)26-38(31)19-12-6-2-4-8-14-21-40-37(38)39/h2-3,6-7,10-11,16-17,28,31,33,35-37,40-41,45H,4-5,8-9,12-15,18-26H2,1H3/b6-2-,7-3-/t28-,31+,33-,35-,36+,37-,38+,39-/m1/s1. The van der Waals surface area contributed by atoms with Crippen molar-refractivity contribution >= 4 is 16.7 Å². The molecule has 242 valence electrons. The van der Waals surface area contributed by atoms with Gasteiger partial charge in [0.2, 0.25) is 0 Å². The molecule has 1 aromatic carbocycles. The molecular weight excluding hydrogens is 556 g/mol. The molecule has 1 aromatic heterocycles. The molecule has 5 aliphatic heterocycles. The first-order valence-electron chi connectivity index (χ1n) is 18.4. The third kappa shape index (κ3) is 4.76. The SMILES string of the molecule is CC(=O)C[C@@H]1C[C@H]2[C@H]([C@@H]3c4[nH]c5ccccc5c4CCN13)[C@H](O)[C@@]13CC/C=C\CCCCN1C[C@@]21CC/C=C\CCCCN[C@H]13. The van der Waals surface area contributed by atoms with Crippen molar-refractivity contribution in [3.05, 3.63) is 59.8 Å². The number of nitrogens with one attached hydrogen (secondary N) is 2. The van der Waals surface area contributed by atoms with Gasteiger partial charge in [-0.1, -0.05) is 42.5 Å². The smallest absolute Gasteiger partial charge is 0.131 e. The van der Waals surface area contributed by atoms with Crippen molar-refractivity contribution in [2.45, 2.75) is 120 Å². The van der Waals surface area contributed by atoms with Gasteiger partial charge < -0.3 is 15.4 Å². The van der Waals surface area contributed by atoms with E-state index < -0.39 is 6.10 Å². The lowest BCUT2D eigenvalue weighted by Gasteiger charge is -2.64. The summed E-state index contributed by atoms with van der Waals surface area (Å²) in [6.07, 6.45) is 23.3. The second kappa shape index (κ2) is 12.1. The molecule has 6 heterocycles. The molecule has 2 aromatic rings. The number of hydrogen-bond acceptors (Lipinski definition) is 5. The average molecular weight is 611 g/mol. The Balaban J connectivity index is 1.33. The molecule has 1 spiro atoms. The number of hydrogen-bond donors (Lipinski definition) is 3. The van der Waals surface area contributed by atoms with Crippen LogP contribution in [0.1, 0.15) is 101 Å². The topological polar surface area (TPSA) is 71.6 Å². The fourth-order valence-corrected chi connectivity index (χ4v) is 11.6. The van der Waals surface area contributed by atoms with Crippen LogP contribution >= 0.6 is 0 Å². The summed E-state index contributed by atoms with van der Waals surface area (Å²) in [6, 6.07) is 9.38. The Bertz CT molecular complexity index is 1460. The average Bonchev–Trinajstić information content (AvgIpc) is 3.51. The normalized spacial score (nSPS) is 40.6. The van der Waals surface area contributed by atoms with Crippen LogP contribution in [0.25, 0.3) is 10.9 Å². The summed E-state index contributed by atoms with van der Waals surface area (Å²) in [5.41, 5.74) is 3.75. The molecule has 2 bridgehead atoms. The van der Waals surface area contributed by atoms with Crippen molar-refractivity contribution in [1.82, 2.24) is 20.1 Å². The second-order valence-corrected chi connectivity index (χ2v) is 15.5. The van der Waals surface area contributed by atoms with Crippen molar-refractivity contribution in [1.29, 1.82) is 0 Å². The number of aliphatic hydroxyl groups excluding tert-OH is 1. The van der Waals surface area contributed by atoms with Crippen LogP contribution in [0.3, 0.4) is 0 Å². The van der Waals surface area contributed by atoms with Crippen molar-refractivity contribution in [2.75, 3.05) is 26.2 Å². The van der Waals surface area contributed by atoms with Gasteiger partial charge in [0.15, 0.2) is 0 Å². The first-order valence-corrected chi connectivity index (χ1v) is 18.4. The number of para-hydroxylation sites is 1. The summed E-state index contributed by atoms with van der Waals surface area (Å²) in [4.78, 5) is 22.3. The van der Waals surface area contributed by atoms with E-state index in [4.69, 9.17) is 0 Å². The minimum Gasteiger partial charge on any atom is -0.391 e. The summed E-state index contributed by atoms with van der Waals surface area (Å²) < 4.78 is 0. The van der Waals surface area contributed by atoms with Gasteiger partial charge in [0, 0.05) is 59.5 Å². The summed E-state index contributed by atoms with van der Waals surface area (Å²) >= 11 is 0. The number of ketones is 1. The number of carbonyl (C=O) groups is 1. The molecule has 3 N–H and O–H groups in total. The molecule has 0 amide bonds. The van der Waals surface area contributed by atoms with Crippen LogP contribution in [0.5, 0.6) is 0 Å². The number of carbonyl (C=O) groups excluding carboxylic acids is 1. The van der Waals surface area contributed by atoms with Crippen molar-refractivity contribution in [3.63, 3.8) is 0 Å². The first-order chi connectivity index (χ1) is 22.0. The Hall–Kier alpha value is -2.25. The first kappa shape index (κ1) is 30.1. The number of piperidine rings is 1. The van der Waals surface area contributed by atoms with Crippen LogP contribution in [0.2, 0.25) is 0 Å². The molecule has 6 heteroatoms. The Morgan fingerprint density at radius 3 is 2.60 bits per heavy atom. The summed E-state index contributed by atoms with van der Waals surface area (Å²) in [7, 11) is 0. The number of Topliss-reactive ketones (excluding diaryl/α,β-unsaturated/α-hetero) is 1. The number of nitrogens with zero attached hydrogens (tertiary/aromatic N) is 2. The van der Waals surface area contributed by atoms with Crippen LogP contribution in [0, 0.1) is 17.3 Å². The monoisotopic (exact) mass is 610 g/mol. The third-order valence-electron chi connectivity index (χ3n) is 13.2. The maximum atomic E-state index is 13.3. The van der Waals surface area contributed by atoms with Crippen molar-refractivity contribution < 1.29 is 9.90 Å². The van der Waals surface area contributed by atoms with E-state index in [2.05, 4.69) is 68.7 Å². The number of aliphatic hydroxyl groups is 1. The zero-order valence-electron chi connectivity index (χ0n) is 27.4. The Morgan fingerprint density at radius 1 is 0.978 bits per heavy atom. The number of aromatic nitrogens is 1. The van der Waals surface area contributed by atoms with E-state index in [9.17, 15) is 9.90 Å². The van der Waals surface area contributed by atoms with E-state index in [1.165, 1.54) is 54.3 Å². The van der Waals surface area contributed by atoms with Crippen LogP contribution in [-0.4, -0.2) is 75.6 Å². The van der Waals surface area contributed by atoms with Gasteiger partial charge in [0.05, 0.1) is 17.7 Å². The lowest BCUT2D eigenvalue weighted by Crippen LogP contribution is -2.74. The predicted molar refractivity (Wildman–Crippen MR) is 181 cm³/mol. The van der Waals surface area contributed by atoms with Gasteiger partial charge in [-0.05, 0) is 115 Å². The predicted octanol–water partition coefficient (Wildman–Crippen LogP) is 6.47. The van der Waals surface area contributed by atoms with E-state index in [1.807, 2.05) is 0 Å². The summed E-state index contributed by atoms with van der Waals surface area (Å²) in [5.74, 6) is 0.770. The molecule has 8 atom stereocenters. The molecule has 8 rings (SSSR count). The molecule has 0 unspecified atom stereocenters. The highest BCUT2D eigenvalue weighted by molar-refractivity contribution is 5.85. The quantitative estimate of drug-likeness (QED) is 0.340. The molecule has 1 saturated carbocycles. The van der Waals surface area contributed by atoms with Gasteiger partial charge in [-0.25, -0.2) is 0 Å². The van der Waals surface area contributed by atoms with Crippen LogP contribution in [0.4, 0.5) is 0 Å². The number of allylic oxidation sites excluding steroid dienone is 4. The highest BCUT2D eigenvalue weighted by Crippen LogP contribution is 2.66. The van der Waals surface area contributed by atoms with Gasteiger partial charge in [-0.15, -0.1) is 0 Å². The van der Waals surface area contributed by atoms with E-state index >= 15 is 0 Å². The lowest BCUT2D eigenvalue weighted by atomic mass is 9.48. The molecule has 2 saturated heterocycles. The van der Waals surface area contributed by atoms with Crippen LogP contribution in [0.15, 0.2) is 48.6 Å². The molecule has 45 heavy (non-hydrogen) atoms. The maximum Gasteiger partial charge on any atom is 0.131 e. The second-order valence-electron chi connectivity index (χ2n) is 15.5. The lowest BCUT2D eigenvalue weighted by molar-refractivity contribution is -0.174. The van der Waals surface area contributed by atoms with Crippen molar-refractivity contribution in [3.8, 4) is 0 Å². The van der Waals surface area contributed by atoms with Crippen LogP contribution < -0.4 is 5.32 Å². The number of benzene rings is 1. The largest absolute Gasteiger partial charge is 0.391 e. The molecule has 1 aliphatic carbocycles. The number of aromatic amines is 1. The van der Waals surface area contributed by atoms with Gasteiger partial charge >= 0.3 is 0 Å². The highest BCUT2D eigenvalue weighted by Gasteiger charge is 2.74. The van der Waals surface area contributed by atoms with E-state index in [0.29, 0.717) is 18.1 Å².